The number of pyridine rings is 2. The fourth-order valence-electron chi connectivity index (χ4n) is 4.21. The highest BCUT2D eigenvalue weighted by atomic mass is 19.1. The number of nitrogens with zero attached hydrogens (tertiary/aromatic N) is 2. The lowest BCUT2D eigenvalue weighted by atomic mass is 9.96. The van der Waals surface area contributed by atoms with Gasteiger partial charge in [0.2, 0.25) is 11.8 Å². The minimum absolute atomic E-state index is 0.0377. The molecule has 262 valence electrons. The summed E-state index contributed by atoms with van der Waals surface area (Å²) in [6, 6.07) is 10.1. The summed E-state index contributed by atoms with van der Waals surface area (Å²) in [5, 5.41) is 20.1. The fourth-order valence-corrected chi connectivity index (χ4v) is 4.21. The van der Waals surface area contributed by atoms with Gasteiger partial charge in [0.1, 0.15) is 5.60 Å². The average Bonchev–Trinajstić information content (AvgIpc) is 3.01. The number of carbonyl (C=O) groups excluding carboxylic acids is 2. The molecule has 0 unspecified atom stereocenters. The van der Waals surface area contributed by atoms with E-state index in [-0.39, 0.29) is 69.4 Å². The Morgan fingerprint density at radius 1 is 0.735 bits per heavy atom. The van der Waals surface area contributed by atoms with Gasteiger partial charge in [-0.15, -0.1) is 0 Å². The lowest BCUT2D eigenvalue weighted by molar-refractivity contribution is 0.0518. The van der Waals surface area contributed by atoms with Crippen molar-refractivity contribution < 1.29 is 47.5 Å². The van der Waals surface area contributed by atoms with Gasteiger partial charge in [0, 0.05) is 35.5 Å². The molecule has 4 rings (SSSR count). The van der Waals surface area contributed by atoms with Crippen molar-refractivity contribution in [2.75, 3.05) is 36.7 Å². The third-order valence-corrected chi connectivity index (χ3v) is 6.55. The van der Waals surface area contributed by atoms with Gasteiger partial charge >= 0.3 is 11.9 Å². The number of nitrogen functional groups attached to an aromatic ring is 4. The van der Waals surface area contributed by atoms with Crippen LogP contribution in [0.3, 0.4) is 0 Å². The third kappa shape index (κ3) is 9.42. The number of benzene rings is 2. The van der Waals surface area contributed by atoms with E-state index in [9.17, 15) is 28.6 Å². The number of carbonyl (C=O) groups is 2. The van der Waals surface area contributed by atoms with Crippen molar-refractivity contribution in [3.05, 3.63) is 82.7 Å². The van der Waals surface area contributed by atoms with Crippen molar-refractivity contribution in [1.82, 2.24) is 9.97 Å². The molecule has 0 radical (unpaired) electrons. The maximum atomic E-state index is 14.3. The van der Waals surface area contributed by atoms with Crippen LogP contribution in [-0.4, -0.2) is 45.8 Å². The second kappa shape index (κ2) is 15.0. The van der Waals surface area contributed by atoms with E-state index in [1.807, 2.05) is 0 Å². The third-order valence-electron chi connectivity index (χ3n) is 6.55. The van der Waals surface area contributed by atoms with E-state index in [0.717, 1.165) is 25.3 Å². The molecule has 2 heterocycles. The number of methoxy groups -OCH3 is 1. The summed E-state index contributed by atoms with van der Waals surface area (Å²) in [6.45, 7) is 7.87. The van der Waals surface area contributed by atoms with Crippen LogP contribution in [0.15, 0.2) is 48.5 Å². The average molecular weight is 685 g/mol. The summed E-state index contributed by atoms with van der Waals surface area (Å²) in [5.74, 6) is -3.51. The normalized spacial score (nSPS) is 11.2. The fraction of sp³-hybridized carbons (Fsp3) is 0.273. The Labute approximate surface area is 280 Å². The Hall–Kier alpha value is -5.74. The Kier molecular flexibility index (Phi) is 11.5. The highest BCUT2D eigenvalue weighted by Crippen LogP contribution is 2.35. The standard InChI is InChI=1S/C17H22FN3O3.C16H16FN3O5/c1-16(2,22)9-7-10(18)13(8-12(9)20)24-14-6-5-11(19)15(21-14)17(3,4)23;1-3-24-16(22)14-10(18)4-5-13(20-14)25-12-7-11(19)8(6-9(12)17)15(21)23-2/h5-8,22-23H,19-20H2,1-4H3;4-7H,3,18-19H2,1-2H3. The van der Waals surface area contributed by atoms with Crippen LogP contribution in [0.2, 0.25) is 0 Å². The molecule has 16 heteroatoms. The van der Waals surface area contributed by atoms with Crippen LogP contribution in [0.5, 0.6) is 23.3 Å². The van der Waals surface area contributed by atoms with Crippen LogP contribution in [0.25, 0.3) is 0 Å². The number of halogens is 2. The van der Waals surface area contributed by atoms with Crippen molar-refractivity contribution in [2.24, 2.45) is 0 Å². The van der Waals surface area contributed by atoms with Gasteiger partial charge in [0.15, 0.2) is 28.8 Å². The van der Waals surface area contributed by atoms with Gasteiger partial charge < -0.3 is 52.1 Å². The first kappa shape index (κ1) is 37.7. The van der Waals surface area contributed by atoms with Gasteiger partial charge in [-0.1, -0.05) is 0 Å². The zero-order valence-electron chi connectivity index (χ0n) is 27.6. The summed E-state index contributed by atoms with van der Waals surface area (Å²) in [4.78, 5) is 31.3. The Morgan fingerprint density at radius 3 is 1.80 bits per heavy atom. The van der Waals surface area contributed by atoms with Gasteiger partial charge in [-0.05, 0) is 58.9 Å². The number of aliphatic hydroxyl groups is 2. The van der Waals surface area contributed by atoms with E-state index in [1.165, 1.54) is 58.0 Å². The number of rotatable bonds is 9. The monoisotopic (exact) mass is 684 g/mol. The first-order valence-electron chi connectivity index (χ1n) is 14.5. The predicted molar refractivity (Wildman–Crippen MR) is 177 cm³/mol. The summed E-state index contributed by atoms with van der Waals surface area (Å²) in [5.41, 5.74) is 21.2. The molecule has 49 heavy (non-hydrogen) atoms. The number of aromatic nitrogens is 2. The van der Waals surface area contributed by atoms with Gasteiger partial charge in [0.05, 0.1) is 47.6 Å². The number of nitrogens with two attached hydrogens (primary N) is 4. The minimum atomic E-state index is -1.28. The highest BCUT2D eigenvalue weighted by molar-refractivity contribution is 5.95. The SMILES string of the molecule is CC(C)(O)c1cc(F)c(Oc2ccc(N)c(C(C)(C)O)n2)cc1N.CCOC(=O)c1nc(Oc2cc(N)c(C(=O)OC)cc2F)ccc1N. The first-order chi connectivity index (χ1) is 22.8. The molecular weight excluding hydrogens is 646 g/mol. The van der Waals surface area contributed by atoms with Crippen molar-refractivity contribution in [2.45, 2.75) is 45.8 Å². The lowest BCUT2D eigenvalue weighted by Gasteiger charge is -2.21. The van der Waals surface area contributed by atoms with E-state index < -0.39 is 34.8 Å². The van der Waals surface area contributed by atoms with Crippen molar-refractivity contribution in [3.63, 3.8) is 0 Å². The maximum Gasteiger partial charge on any atom is 0.359 e. The molecule has 0 saturated heterocycles. The van der Waals surface area contributed by atoms with Gasteiger partial charge in [-0.2, -0.15) is 0 Å². The van der Waals surface area contributed by atoms with Crippen molar-refractivity contribution in [1.29, 1.82) is 0 Å². The summed E-state index contributed by atoms with van der Waals surface area (Å²) in [7, 11) is 1.15. The molecule has 10 N–H and O–H groups in total. The van der Waals surface area contributed by atoms with E-state index in [4.69, 9.17) is 37.1 Å². The van der Waals surface area contributed by atoms with Crippen LogP contribution in [0.1, 0.15) is 66.7 Å². The van der Waals surface area contributed by atoms with Crippen LogP contribution in [0.4, 0.5) is 31.5 Å². The second-order valence-corrected chi connectivity index (χ2v) is 11.4. The van der Waals surface area contributed by atoms with Gasteiger partial charge in [-0.25, -0.2) is 28.3 Å². The summed E-state index contributed by atoms with van der Waals surface area (Å²) in [6.07, 6.45) is 0. The van der Waals surface area contributed by atoms with Crippen LogP contribution in [-0.2, 0) is 20.7 Å². The number of anilines is 4. The summed E-state index contributed by atoms with van der Waals surface area (Å²) >= 11 is 0. The number of hydrogen-bond acceptors (Lipinski definition) is 14. The zero-order chi connectivity index (χ0) is 36.8. The maximum absolute atomic E-state index is 14.3. The van der Waals surface area contributed by atoms with E-state index in [1.54, 1.807) is 6.92 Å². The molecule has 0 atom stereocenters. The molecule has 2 aromatic heterocycles. The van der Waals surface area contributed by atoms with E-state index in [2.05, 4.69) is 14.7 Å². The Bertz CT molecular complexity index is 1860. The molecular formula is C33H38F2N6O8. The topological polar surface area (TPSA) is 241 Å². The predicted octanol–water partition coefficient (Wildman–Crippen LogP) is 4.77. The Morgan fingerprint density at radius 2 is 1.27 bits per heavy atom. The quantitative estimate of drug-likeness (QED) is 0.103. The molecule has 0 aliphatic rings. The second-order valence-electron chi connectivity index (χ2n) is 11.4. The van der Waals surface area contributed by atoms with Crippen LogP contribution in [0, 0.1) is 11.6 Å². The molecule has 14 nitrogen and oxygen atoms in total. The first-order valence-corrected chi connectivity index (χ1v) is 14.5. The molecule has 2 aromatic carbocycles. The van der Waals surface area contributed by atoms with E-state index >= 15 is 0 Å². The number of ether oxygens (including phenoxy) is 4. The number of esters is 2. The molecule has 4 aromatic rings. The van der Waals surface area contributed by atoms with Crippen molar-refractivity contribution >= 4 is 34.7 Å². The molecule has 0 amide bonds. The lowest BCUT2D eigenvalue weighted by Crippen LogP contribution is -2.20. The minimum Gasteiger partial charge on any atom is -0.465 e. The van der Waals surface area contributed by atoms with Gasteiger partial charge in [0.25, 0.3) is 0 Å². The Balaban J connectivity index is 0.000000266. The molecule has 0 aliphatic carbocycles. The van der Waals surface area contributed by atoms with E-state index in [0.29, 0.717) is 5.69 Å². The summed E-state index contributed by atoms with van der Waals surface area (Å²) < 4.78 is 48.5. The molecule has 0 fully saturated rings. The van der Waals surface area contributed by atoms with Crippen LogP contribution < -0.4 is 32.4 Å². The molecule has 0 aliphatic heterocycles. The largest absolute Gasteiger partial charge is 0.465 e. The smallest absolute Gasteiger partial charge is 0.359 e. The van der Waals surface area contributed by atoms with Crippen LogP contribution >= 0.6 is 0 Å². The molecule has 0 bridgehead atoms. The number of hydrogen-bond donors (Lipinski definition) is 6. The molecule has 0 spiro atoms. The van der Waals surface area contributed by atoms with Gasteiger partial charge in [-0.3, -0.25) is 0 Å². The highest BCUT2D eigenvalue weighted by Gasteiger charge is 2.25. The zero-order valence-corrected chi connectivity index (χ0v) is 27.6. The van der Waals surface area contributed by atoms with Crippen molar-refractivity contribution in [3.8, 4) is 23.3 Å². The molecule has 0 saturated carbocycles.